The van der Waals surface area contributed by atoms with Gasteiger partial charge in [-0.05, 0) is 34.7 Å². The smallest absolute Gasteiger partial charge is 0.146 e. The molecule has 0 N–H and O–H groups in total. The zero-order valence-electron chi connectivity index (χ0n) is 7.51. The van der Waals surface area contributed by atoms with Crippen LogP contribution in [0.25, 0.3) is 0 Å². The minimum atomic E-state index is 0.0556. The van der Waals surface area contributed by atoms with E-state index in [4.69, 9.17) is 0 Å². The Morgan fingerprint density at radius 3 is 1.80 bits per heavy atom. The van der Waals surface area contributed by atoms with Gasteiger partial charge in [0.1, 0.15) is 5.78 Å². The second-order valence-corrected chi connectivity index (χ2v) is 3.05. The number of rotatable bonds is 3. The van der Waals surface area contributed by atoms with Gasteiger partial charge in [-0.15, -0.1) is 0 Å². The van der Waals surface area contributed by atoms with Gasteiger partial charge in [-0.25, -0.2) is 0 Å². The van der Waals surface area contributed by atoms with Crippen molar-refractivity contribution in [3.63, 3.8) is 0 Å². The van der Waals surface area contributed by atoms with Crippen LogP contribution < -0.4 is 0 Å². The van der Waals surface area contributed by atoms with Crippen LogP contribution in [0.3, 0.4) is 0 Å². The lowest BCUT2D eigenvalue weighted by atomic mass is 10.2. The van der Waals surface area contributed by atoms with Crippen LogP contribution in [0.1, 0.15) is 27.7 Å². The maximum atomic E-state index is 10.8. The number of Topliss-reactive ketones (excluding diaryl/α,β-unsaturated/α-hetero) is 1. The fourth-order valence-electron chi connectivity index (χ4n) is 0.734. The van der Waals surface area contributed by atoms with E-state index in [2.05, 4.69) is 18.7 Å². The van der Waals surface area contributed by atoms with Gasteiger partial charge in [-0.3, -0.25) is 9.69 Å². The Morgan fingerprint density at radius 2 is 1.70 bits per heavy atom. The number of carbonyl (C=O) groups is 1. The monoisotopic (exact) mass is 143 g/mol. The number of hydrogen-bond donors (Lipinski definition) is 0. The molecule has 0 radical (unpaired) electrons. The molecule has 2 nitrogen and oxygen atoms in total. The van der Waals surface area contributed by atoms with Crippen molar-refractivity contribution in [3.05, 3.63) is 0 Å². The zero-order chi connectivity index (χ0) is 8.31. The van der Waals surface area contributed by atoms with Gasteiger partial charge < -0.3 is 0 Å². The third-order valence-electron chi connectivity index (χ3n) is 2.01. The van der Waals surface area contributed by atoms with Gasteiger partial charge >= 0.3 is 0 Å². The summed E-state index contributed by atoms with van der Waals surface area (Å²) in [6, 6.07) is 0.499. The van der Waals surface area contributed by atoms with Crippen molar-refractivity contribution in [2.45, 2.75) is 39.8 Å². The predicted octanol–water partition coefficient (Wildman–Crippen LogP) is 1.30. The summed E-state index contributed by atoms with van der Waals surface area (Å²) in [7, 11) is 1.97. The SMILES string of the molecule is CC(=O)[C@H](C)N(C)C(C)C. The maximum Gasteiger partial charge on any atom is 0.146 e. The Kier molecular flexibility index (Phi) is 3.58. The second-order valence-electron chi connectivity index (χ2n) is 3.05. The highest BCUT2D eigenvalue weighted by Gasteiger charge is 2.15. The Bertz CT molecular complexity index is 120. The van der Waals surface area contributed by atoms with Crippen molar-refractivity contribution < 1.29 is 4.79 Å². The first-order chi connectivity index (χ1) is 4.46. The number of nitrogens with zero attached hydrogens (tertiary/aromatic N) is 1. The van der Waals surface area contributed by atoms with Crippen LogP contribution in [0.4, 0.5) is 0 Å². The van der Waals surface area contributed by atoms with Crippen molar-refractivity contribution in [2.75, 3.05) is 7.05 Å². The van der Waals surface area contributed by atoms with Crippen molar-refractivity contribution in [1.29, 1.82) is 0 Å². The molecule has 0 aliphatic rings. The summed E-state index contributed by atoms with van der Waals surface area (Å²) in [5.74, 6) is 0.233. The van der Waals surface area contributed by atoms with E-state index in [9.17, 15) is 4.79 Å². The van der Waals surface area contributed by atoms with Gasteiger partial charge in [-0.1, -0.05) is 0 Å². The fraction of sp³-hybridized carbons (Fsp3) is 0.875. The van der Waals surface area contributed by atoms with Gasteiger partial charge in [0.2, 0.25) is 0 Å². The molecule has 0 amide bonds. The zero-order valence-corrected chi connectivity index (χ0v) is 7.51. The van der Waals surface area contributed by atoms with Gasteiger partial charge in [0, 0.05) is 6.04 Å². The van der Waals surface area contributed by atoms with Crippen molar-refractivity contribution in [2.24, 2.45) is 0 Å². The summed E-state index contributed by atoms with van der Waals surface area (Å²) in [6.07, 6.45) is 0. The molecule has 10 heavy (non-hydrogen) atoms. The average molecular weight is 143 g/mol. The summed E-state index contributed by atoms with van der Waals surface area (Å²) >= 11 is 0. The lowest BCUT2D eigenvalue weighted by Gasteiger charge is -2.26. The number of carbonyl (C=O) groups excluding carboxylic acids is 1. The molecule has 0 heterocycles. The van der Waals surface area contributed by atoms with Crippen LogP contribution in [0, 0.1) is 0 Å². The number of likely N-dealkylation sites (N-methyl/N-ethyl adjacent to an activating group) is 1. The maximum absolute atomic E-state index is 10.8. The van der Waals surface area contributed by atoms with Crippen LogP contribution in [0.5, 0.6) is 0 Å². The first-order valence-corrected chi connectivity index (χ1v) is 3.69. The molecule has 0 aliphatic carbocycles. The first kappa shape index (κ1) is 9.63. The van der Waals surface area contributed by atoms with Gasteiger partial charge in [0.25, 0.3) is 0 Å². The highest BCUT2D eigenvalue weighted by molar-refractivity contribution is 5.80. The van der Waals surface area contributed by atoms with Gasteiger partial charge in [-0.2, -0.15) is 0 Å². The molecular formula is C8H17NO. The standard InChI is InChI=1S/C8H17NO/c1-6(2)9(5)7(3)8(4)10/h6-7H,1-5H3/t7-/m0/s1. The van der Waals surface area contributed by atoms with Crippen LogP contribution in [-0.4, -0.2) is 29.8 Å². The Hall–Kier alpha value is -0.370. The van der Waals surface area contributed by atoms with E-state index in [1.165, 1.54) is 0 Å². The summed E-state index contributed by atoms with van der Waals surface area (Å²) < 4.78 is 0. The van der Waals surface area contributed by atoms with E-state index in [-0.39, 0.29) is 11.8 Å². The Morgan fingerprint density at radius 1 is 1.30 bits per heavy atom. The Labute approximate surface area is 63.2 Å². The van der Waals surface area contributed by atoms with Crippen LogP contribution >= 0.6 is 0 Å². The van der Waals surface area contributed by atoms with Crippen molar-refractivity contribution in [1.82, 2.24) is 4.90 Å². The summed E-state index contributed by atoms with van der Waals surface area (Å²) in [6.45, 7) is 7.73. The molecule has 0 aliphatic heterocycles. The quantitative estimate of drug-likeness (QED) is 0.593. The van der Waals surface area contributed by atoms with Gasteiger partial charge in [0.05, 0.1) is 6.04 Å². The topological polar surface area (TPSA) is 20.3 Å². The first-order valence-electron chi connectivity index (χ1n) is 3.69. The van der Waals surface area contributed by atoms with E-state index in [0.29, 0.717) is 6.04 Å². The normalized spacial score (nSPS) is 14.3. The van der Waals surface area contributed by atoms with E-state index < -0.39 is 0 Å². The predicted molar refractivity (Wildman–Crippen MR) is 43.0 cm³/mol. The van der Waals surface area contributed by atoms with E-state index in [1.807, 2.05) is 14.0 Å². The number of hydrogen-bond acceptors (Lipinski definition) is 2. The van der Waals surface area contributed by atoms with E-state index in [0.717, 1.165) is 0 Å². The lowest BCUT2D eigenvalue weighted by Crippen LogP contribution is -2.39. The fourth-order valence-corrected chi connectivity index (χ4v) is 0.734. The van der Waals surface area contributed by atoms with Crippen LogP contribution in [-0.2, 0) is 4.79 Å². The lowest BCUT2D eigenvalue weighted by molar-refractivity contribution is -0.121. The highest BCUT2D eigenvalue weighted by Crippen LogP contribution is 2.01. The van der Waals surface area contributed by atoms with Gasteiger partial charge in [0.15, 0.2) is 0 Å². The highest BCUT2D eigenvalue weighted by atomic mass is 16.1. The molecule has 0 spiro atoms. The molecule has 2 heteroatoms. The molecule has 0 aromatic carbocycles. The summed E-state index contributed by atoms with van der Waals surface area (Å²) in [5, 5.41) is 0. The molecule has 0 bridgehead atoms. The molecule has 60 valence electrons. The summed E-state index contributed by atoms with van der Waals surface area (Å²) in [5.41, 5.74) is 0. The van der Waals surface area contributed by atoms with Crippen molar-refractivity contribution >= 4 is 5.78 Å². The largest absolute Gasteiger partial charge is 0.298 e. The van der Waals surface area contributed by atoms with E-state index >= 15 is 0 Å². The minimum Gasteiger partial charge on any atom is -0.298 e. The molecule has 0 aromatic heterocycles. The minimum absolute atomic E-state index is 0.0556. The second kappa shape index (κ2) is 3.71. The third-order valence-corrected chi connectivity index (χ3v) is 2.01. The molecule has 0 saturated carbocycles. The molecule has 0 fully saturated rings. The van der Waals surface area contributed by atoms with Crippen LogP contribution in [0.2, 0.25) is 0 Å². The average Bonchev–Trinajstić information content (AvgIpc) is 1.84. The van der Waals surface area contributed by atoms with Crippen molar-refractivity contribution in [3.8, 4) is 0 Å². The molecule has 0 aromatic rings. The van der Waals surface area contributed by atoms with E-state index in [1.54, 1.807) is 6.92 Å². The molecule has 0 rings (SSSR count). The Balaban J connectivity index is 3.94. The molecule has 0 saturated heterocycles. The summed E-state index contributed by atoms with van der Waals surface area (Å²) in [4.78, 5) is 12.9. The molecule has 0 unspecified atom stereocenters. The molecule has 1 atom stereocenters. The van der Waals surface area contributed by atoms with Crippen LogP contribution in [0.15, 0.2) is 0 Å². The molecular weight excluding hydrogens is 126 g/mol. The third kappa shape index (κ3) is 2.48. The number of ketones is 1.